The number of rotatable bonds is 2. The third kappa shape index (κ3) is 4.72. The molecule has 1 aromatic carbocycles. The van der Waals surface area contributed by atoms with Gasteiger partial charge in [-0.25, -0.2) is 4.79 Å². The predicted molar refractivity (Wildman–Crippen MR) is 108 cm³/mol. The number of carbonyl (C=O) groups is 1. The SMILES string of the molecule is CC1(C)CC(NC(=O)N2CCN(c3ccccc3C#N)CC2)CC(C)(C)N1. The Morgan fingerprint density at radius 3 is 2.30 bits per heavy atom. The highest BCUT2D eigenvalue weighted by molar-refractivity contribution is 5.75. The third-order valence-corrected chi connectivity index (χ3v) is 5.45. The number of piperazine rings is 1. The number of amides is 2. The molecule has 27 heavy (non-hydrogen) atoms. The number of nitrogens with one attached hydrogen (secondary N) is 2. The van der Waals surface area contributed by atoms with E-state index < -0.39 is 0 Å². The van der Waals surface area contributed by atoms with E-state index in [1.807, 2.05) is 29.2 Å². The Hall–Kier alpha value is -2.26. The van der Waals surface area contributed by atoms with Gasteiger partial charge < -0.3 is 20.4 Å². The van der Waals surface area contributed by atoms with Gasteiger partial charge in [0.05, 0.1) is 11.3 Å². The second kappa shape index (κ2) is 7.40. The van der Waals surface area contributed by atoms with Crippen molar-refractivity contribution in [2.45, 2.75) is 57.7 Å². The highest BCUT2D eigenvalue weighted by Crippen LogP contribution is 2.28. The van der Waals surface area contributed by atoms with Crippen LogP contribution in [0.4, 0.5) is 10.5 Å². The van der Waals surface area contributed by atoms with Crippen molar-refractivity contribution >= 4 is 11.7 Å². The number of benzene rings is 1. The average molecular weight is 370 g/mol. The van der Waals surface area contributed by atoms with E-state index in [1.165, 1.54) is 0 Å². The van der Waals surface area contributed by atoms with Crippen molar-refractivity contribution in [1.82, 2.24) is 15.5 Å². The Morgan fingerprint density at radius 1 is 1.11 bits per heavy atom. The standard InChI is InChI=1S/C21H31N5O/c1-20(2)13-17(14-21(3,4)24-20)23-19(27)26-11-9-25(10-12-26)18-8-6-5-7-16(18)15-22/h5-8,17,24H,9-14H2,1-4H3,(H,23,27). The summed E-state index contributed by atoms with van der Waals surface area (Å²) in [6.45, 7) is 11.6. The smallest absolute Gasteiger partial charge is 0.317 e. The summed E-state index contributed by atoms with van der Waals surface area (Å²) in [6.07, 6.45) is 1.86. The molecule has 3 rings (SSSR count). The molecule has 2 saturated heterocycles. The Bertz CT molecular complexity index is 712. The molecule has 0 aromatic heterocycles. The number of nitriles is 1. The Kier molecular flexibility index (Phi) is 5.34. The molecule has 2 amide bonds. The lowest BCUT2D eigenvalue weighted by molar-refractivity contribution is 0.138. The van der Waals surface area contributed by atoms with E-state index in [9.17, 15) is 10.1 Å². The van der Waals surface area contributed by atoms with E-state index in [4.69, 9.17) is 0 Å². The minimum atomic E-state index is 0.0133. The molecule has 0 bridgehead atoms. The van der Waals surface area contributed by atoms with Gasteiger partial charge in [0.25, 0.3) is 0 Å². The first-order valence-corrected chi connectivity index (χ1v) is 9.78. The van der Waals surface area contributed by atoms with E-state index in [0.717, 1.165) is 31.6 Å². The molecule has 146 valence electrons. The summed E-state index contributed by atoms with van der Waals surface area (Å²) in [6, 6.07) is 10.1. The van der Waals surface area contributed by atoms with Crippen LogP contribution >= 0.6 is 0 Å². The zero-order chi connectivity index (χ0) is 19.7. The summed E-state index contributed by atoms with van der Waals surface area (Å²) >= 11 is 0. The second-order valence-corrected chi connectivity index (χ2v) is 9.05. The van der Waals surface area contributed by atoms with Gasteiger partial charge in [-0.15, -0.1) is 0 Å². The largest absolute Gasteiger partial charge is 0.367 e. The number of carbonyl (C=O) groups excluding carboxylic acids is 1. The van der Waals surface area contributed by atoms with Gasteiger partial charge in [0.15, 0.2) is 0 Å². The van der Waals surface area contributed by atoms with E-state index >= 15 is 0 Å². The van der Waals surface area contributed by atoms with Crippen molar-refractivity contribution in [3.8, 4) is 6.07 Å². The molecule has 6 heteroatoms. The zero-order valence-corrected chi connectivity index (χ0v) is 16.9. The van der Waals surface area contributed by atoms with E-state index in [2.05, 4.69) is 49.3 Å². The lowest BCUT2D eigenvalue weighted by Gasteiger charge is -2.47. The molecule has 0 atom stereocenters. The van der Waals surface area contributed by atoms with E-state index in [-0.39, 0.29) is 23.2 Å². The summed E-state index contributed by atoms with van der Waals surface area (Å²) in [5.74, 6) is 0. The number of hydrogen-bond donors (Lipinski definition) is 2. The van der Waals surface area contributed by atoms with Gasteiger partial charge in [-0.3, -0.25) is 0 Å². The molecular weight excluding hydrogens is 338 g/mol. The van der Waals surface area contributed by atoms with Gasteiger partial charge in [0.2, 0.25) is 0 Å². The molecular formula is C21H31N5O. The van der Waals surface area contributed by atoms with Crippen LogP contribution in [0, 0.1) is 11.3 Å². The first kappa shape index (κ1) is 19.5. The lowest BCUT2D eigenvalue weighted by atomic mass is 9.79. The molecule has 0 saturated carbocycles. The number of nitrogens with zero attached hydrogens (tertiary/aromatic N) is 3. The molecule has 0 radical (unpaired) electrons. The first-order chi connectivity index (χ1) is 12.7. The number of anilines is 1. The summed E-state index contributed by atoms with van der Waals surface area (Å²) < 4.78 is 0. The molecule has 0 spiro atoms. The van der Waals surface area contributed by atoms with Crippen molar-refractivity contribution in [3.05, 3.63) is 29.8 Å². The monoisotopic (exact) mass is 369 g/mol. The quantitative estimate of drug-likeness (QED) is 0.841. The third-order valence-electron chi connectivity index (χ3n) is 5.45. The van der Waals surface area contributed by atoms with Crippen molar-refractivity contribution < 1.29 is 4.79 Å². The van der Waals surface area contributed by atoms with Gasteiger partial charge in [0, 0.05) is 43.3 Å². The molecule has 2 heterocycles. The van der Waals surface area contributed by atoms with Crippen LogP contribution in [-0.4, -0.2) is 54.2 Å². The van der Waals surface area contributed by atoms with Crippen LogP contribution in [0.15, 0.2) is 24.3 Å². The number of urea groups is 1. The zero-order valence-electron chi connectivity index (χ0n) is 16.9. The van der Waals surface area contributed by atoms with Crippen LogP contribution in [0.1, 0.15) is 46.1 Å². The molecule has 6 nitrogen and oxygen atoms in total. The minimum Gasteiger partial charge on any atom is -0.367 e. The van der Waals surface area contributed by atoms with Gasteiger partial charge in [-0.05, 0) is 52.7 Å². The van der Waals surface area contributed by atoms with Gasteiger partial charge in [0.1, 0.15) is 6.07 Å². The molecule has 1 aromatic rings. The second-order valence-electron chi connectivity index (χ2n) is 9.05. The fraction of sp³-hybridized carbons (Fsp3) is 0.619. The highest BCUT2D eigenvalue weighted by Gasteiger charge is 2.38. The Labute approximate surface area is 162 Å². The van der Waals surface area contributed by atoms with Crippen LogP contribution in [0.3, 0.4) is 0 Å². The van der Waals surface area contributed by atoms with Crippen molar-refractivity contribution in [1.29, 1.82) is 5.26 Å². The highest BCUT2D eigenvalue weighted by atomic mass is 16.2. The van der Waals surface area contributed by atoms with Gasteiger partial charge in [-0.2, -0.15) is 5.26 Å². The number of piperidine rings is 1. The summed E-state index contributed by atoms with van der Waals surface area (Å²) in [7, 11) is 0. The maximum Gasteiger partial charge on any atom is 0.317 e. The van der Waals surface area contributed by atoms with Gasteiger partial charge >= 0.3 is 6.03 Å². The fourth-order valence-electron chi connectivity index (χ4n) is 4.68. The number of hydrogen-bond acceptors (Lipinski definition) is 4. The van der Waals surface area contributed by atoms with Crippen molar-refractivity contribution in [2.75, 3.05) is 31.1 Å². The fourth-order valence-corrected chi connectivity index (χ4v) is 4.68. The Balaban J connectivity index is 1.57. The summed E-state index contributed by atoms with van der Waals surface area (Å²) in [4.78, 5) is 16.9. The minimum absolute atomic E-state index is 0.0133. The van der Waals surface area contributed by atoms with Crippen molar-refractivity contribution in [3.63, 3.8) is 0 Å². The van der Waals surface area contributed by atoms with Crippen LogP contribution in [0.2, 0.25) is 0 Å². The maximum absolute atomic E-state index is 12.8. The van der Waals surface area contributed by atoms with Gasteiger partial charge in [-0.1, -0.05) is 12.1 Å². The van der Waals surface area contributed by atoms with Crippen LogP contribution in [-0.2, 0) is 0 Å². The molecule has 0 aliphatic carbocycles. The molecule has 2 fully saturated rings. The summed E-state index contributed by atoms with van der Waals surface area (Å²) in [5.41, 5.74) is 1.68. The van der Waals surface area contributed by atoms with Crippen LogP contribution < -0.4 is 15.5 Å². The molecule has 2 aliphatic heterocycles. The molecule has 0 unspecified atom stereocenters. The van der Waals surface area contributed by atoms with E-state index in [1.54, 1.807) is 0 Å². The van der Waals surface area contributed by atoms with Crippen LogP contribution in [0.25, 0.3) is 0 Å². The van der Waals surface area contributed by atoms with Crippen LogP contribution in [0.5, 0.6) is 0 Å². The summed E-state index contributed by atoms with van der Waals surface area (Å²) in [5, 5.41) is 16.2. The lowest BCUT2D eigenvalue weighted by Crippen LogP contribution is -2.63. The topological polar surface area (TPSA) is 71.4 Å². The molecule has 2 N–H and O–H groups in total. The first-order valence-electron chi connectivity index (χ1n) is 9.78. The Morgan fingerprint density at radius 2 is 1.70 bits per heavy atom. The van der Waals surface area contributed by atoms with Crippen molar-refractivity contribution in [2.24, 2.45) is 0 Å². The maximum atomic E-state index is 12.8. The van der Waals surface area contributed by atoms with E-state index in [0.29, 0.717) is 18.7 Å². The number of para-hydroxylation sites is 1. The predicted octanol–water partition coefficient (Wildman–Crippen LogP) is 2.70. The normalized spacial score (nSPS) is 22.2. The average Bonchev–Trinajstić information content (AvgIpc) is 2.59. The molecule has 2 aliphatic rings.